The van der Waals surface area contributed by atoms with Gasteiger partial charge in [0.1, 0.15) is 18.7 Å². The molecule has 0 N–H and O–H groups in total. The molecule has 0 bridgehead atoms. The number of hydrogen-bond acceptors (Lipinski definition) is 6. The van der Waals surface area contributed by atoms with Gasteiger partial charge in [0.25, 0.3) is 5.60 Å². The van der Waals surface area contributed by atoms with Crippen LogP contribution in [0.15, 0.2) is 54.5 Å². The number of alkyl halides is 3. The summed E-state index contributed by atoms with van der Waals surface area (Å²) in [6.45, 7) is 0. The molecule has 0 saturated heterocycles. The van der Waals surface area contributed by atoms with Crippen molar-refractivity contribution in [2.75, 3.05) is 0 Å². The first kappa shape index (κ1) is 18.9. The van der Waals surface area contributed by atoms with Gasteiger partial charge >= 0.3 is 6.18 Å². The molecule has 7 nitrogen and oxygen atoms in total. The van der Waals surface area contributed by atoms with Crippen LogP contribution in [0.3, 0.4) is 0 Å². The molecule has 11 heteroatoms. The van der Waals surface area contributed by atoms with E-state index < -0.39 is 18.2 Å². The zero-order chi connectivity index (χ0) is 20.6. The molecule has 29 heavy (non-hydrogen) atoms. The van der Waals surface area contributed by atoms with Gasteiger partial charge in [0.2, 0.25) is 0 Å². The number of hydrogen-bond donors (Lipinski definition) is 0. The second kappa shape index (κ2) is 6.86. The van der Waals surface area contributed by atoms with Crippen LogP contribution in [-0.4, -0.2) is 31.6 Å². The lowest BCUT2D eigenvalue weighted by atomic mass is 9.87. The van der Waals surface area contributed by atoms with E-state index in [-0.39, 0.29) is 21.9 Å². The smallest absolute Gasteiger partial charge is 0.374 e. The maximum Gasteiger partial charge on any atom is 0.435 e. The van der Waals surface area contributed by atoms with Gasteiger partial charge in [-0.25, -0.2) is 9.67 Å². The number of aromatic nitrogens is 4. The first-order valence-corrected chi connectivity index (χ1v) is 8.55. The summed E-state index contributed by atoms with van der Waals surface area (Å²) in [5.41, 5.74) is -2.02. The summed E-state index contributed by atoms with van der Waals surface area (Å²) in [6, 6.07) is 7.69. The Kier molecular flexibility index (Phi) is 4.47. The van der Waals surface area contributed by atoms with Crippen molar-refractivity contribution in [2.45, 2.75) is 18.2 Å². The fraction of sp³-hybridized carbons (Fsp3) is 0.167. The third-order valence-electron chi connectivity index (χ3n) is 4.51. The molecule has 3 aromatic rings. The lowest BCUT2D eigenvalue weighted by molar-refractivity contribution is -0.275. The Morgan fingerprint density at radius 3 is 2.72 bits per heavy atom. The average Bonchev–Trinajstić information content (AvgIpc) is 3.38. The Balaban J connectivity index is 1.73. The highest BCUT2D eigenvalue weighted by atomic mass is 35.5. The molecular weight excluding hydrogens is 409 g/mol. The van der Waals surface area contributed by atoms with E-state index in [0.29, 0.717) is 11.3 Å². The number of pyridine rings is 1. The van der Waals surface area contributed by atoms with E-state index in [2.05, 4.69) is 20.2 Å². The molecule has 1 aliphatic rings. The van der Waals surface area contributed by atoms with E-state index in [1.54, 1.807) is 12.1 Å². The molecule has 0 aliphatic carbocycles. The first-order chi connectivity index (χ1) is 13.9. The van der Waals surface area contributed by atoms with E-state index in [1.165, 1.54) is 29.6 Å². The van der Waals surface area contributed by atoms with Gasteiger partial charge in [0.15, 0.2) is 0 Å². The molecule has 3 heterocycles. The number of nitrogens with zero attached hydrogens (tertiary/aromatic N) is 6. The monoisotopic (exact) mass is 418 g/mol. The van der Waals surface area contributed by atoms with Crippen LogP contribution >= 0.6 is 11.6 Å². The normalized spacial score (nSPS) is 18.8. The number of nitriles is 1. The summed E-state index contributed by atoms with van der Waals surface area (Å²) in [5, 5.41) is 16.9. The highest BCUT2D eigenvalue weighted by Crippen LogP contribution is 2.50. The van der Waals surface area contributed by atoms with Gasteiger partial charge in [0.05, 0.1) is 28.4 Å². The molecule has 0 radical (unpaired) electrons. The zero-order valence-corrected chi connectivity index (χ0v) is 15.2. The van der Waals surface area contributed by atoms with Crippen molar-refractivity contribution in [3.05, 3.63) is 71.0 Å². The van der Waals surface area contributed by atoms with Crippen LogP contribution in [0.1, 0.15) is 23.1 Å². The summed E-state index contributed by atoms with van der Waals surface area (Å²) < 4.78 is 43.4. The Hall–Kier alpha value is -3.45. The predicted octanol–water partition coefficient (Wildman–Crippen LogP) is 3.77. The molecule has 2 aromatic heterocycles. The third-order valence-corrected chi connectivity index (χ3v) is 4.81. The standard InChI is InChI=1S/C18H10ClF3N6O/c19-14-8-24-4-3-13(14)17(18(20,21)22)6-15(27-29-17)11-1-2-16(12(5-11)7-23)28-10-25-9-26-28/h1-5,8-10H,6H2. The molecule has 4 rings (SSSR count). The average molecular weight is 419 g/mol. The summed E-state index contributed by atoms with van der Waals surface area (Å²) in [4.78, 5) is 12.5. The zero-order valence-electron chi connectivity index (χ0n) is 14.4. The SMILES string of the molecule is N#Cc1cc(C2=NOC(c3ccncc3Cl)(C(F)(F)F)C2)ccc1-n1cncn1. The van der Waals surface area contributed by atoms with Crippen LogP contribution in [-0.2, 0) is 10.4 Å². The van der Waals surface area contributed by atoms with Crippen molar-refractivity contribution in [3.8, 4) is 11.8 Å². The van der Waals surface area contributed by atoms with Crippen LogP contribution in [0, 0.1) is 11.3 Å². The summed E-state index contributed by atoms with van der Waals surface area (Å²) in [6.07, 6.45) is -0.356. The molecule has 1 atom stereocenters. The lowest BCUT2D eigenvalue weighted by Gasteiger charge is -2.29. The summed E-state index contributed by atoms with van der Waals surface area (Å²) in [5.74, 6) is 0. The van der Waals surface area contributed by atoms with E-state index in [0.717, 1.165) is 12.3 Å². The van der Waals surface area contributed by atoms with E-state index in [1.807, 2.05) is 6.07 Å². The van der Waals surface area contributed by atoms with Gasteiger partial charge in [-0.2, -0.15) is 23.5 Å². The second-order valence-corrected chi connectivity index (χ2v) is 6.58. The minimum Gasteiger partial charge on any atom is -0.374 e. The van der Waals surface area contributed by atoms with Crippen molar-refractivity contribution < 1.29 is 18.0 Å². The minimum atomic E-state index is -4.79. The quantitative estimate of drug-likeness (QED) is 0.646. The molecular formula is C18H10ClF3N6O. The van der Waals surface area contributed by atoms with Crippen molar-refractivity contribution in [3.63, 3.8) is 0 Å². The molecule has 0 spiro atoms. The largest absolute Gasteiger partial charge is 0.435 e. The molecule has 0 saturated carbocycles. The summed E-state index contributed by atoms with van der Waals surface area (Å²) >= 11 is 5.97. The Labute approximate surface area is 167 Å². The van der Waals surface area contributed by atoms with E-state index in [9.17, 15) is 18.4 Å². The molecule has 0 fully saturated rings. The van der Waals surface area contributed by atoms with Crippen LogP contribution in [0.4, 0.5) is 13.2 Å². The van der Waals surface area contributed by atoms with Gasteiger partial charge < -0.3 is 4.84 Å². The van der Waals surface area contributed by atoms with Crippen molar-refractivity contribution in [2.24, 2.45) is 5.16 Å². The Morgan fingerprint density at radius 1 is 1.24 bits per heavy atom. The third kappa shape index (κ3) is 3.09. The van der Waals surface area contributed by atoms with E-state index >= 15 is 0 Å². The van der Waals surface area contributed by atoms with Gasteiger partial charge in [-0.15, -0.1) is 0 Å². The minimum absolute atomic E-state index is 0.0387. The topological polar surface area (TPSA) is 89.0 Å². The highest BCUT2D eigenvalue weighted by Gasteiger charge is 2.63. The number of benzene rings is 1. The predicted molar refractivity (Wildman–Crippen MR) is 95.3 cm³/mol. The van der Waals surface area contributed by atoms with Crippen LogP contribution in [0.2, 0.25) is 5.02 Å². The first-order valence-electron chi connectivity index (χ1n) is 8.17. The second-order valence-electron chi connectivity index (χ2n) is 6.17. The number of rotatable bonds is 3. The van der Waals surface area contributed by atoms with Gasteiger partial charge in [-0.3, -0.25) is 4.98 Å². The van der Waals surface area contributed by atoms with Crippen molar-refractivity contribution >= 4 is 17.3 Å². The van der Waals surface area contributed by atoms with E-state index in [4.69, 9.17) is 16.4 Å². The van der Waals surface area contributed by atoms with Crippen LogP contribution in [0.5, 0.6) is 0 Å². The number of oxime groups is 1. The van der Waals surface area contributed by atoms with Gasteiger partial charge in [-0.1, -0.05) is 22.8 Å². The molecule has 146 valence electrons. The number of halogens is 4. The van der Waals surface area contributed by atoms with Crippen molar-refractivity contribution in [1.29, 1.82) is 5.26 Å². The van der Waals surface area contributed by atoms with Crippen LogP contribution in [0.25, 0.3) is 5.69 Å². The highest BCUT2D eigenvalue weighted by molar-refractivity contribution is 6.31. The van der Waals surface area contributed by atoms with Gasteiger partial charge in [0, 0.05) is 23.5 Å². The van der Waals surface area contributed by atoms with Gasteiger partial charge in [-0.05, 0) is 18.2 Å². The fourth-order valence-corrected chi connectivity index (χ4v) is 3.35. The van der Waals surface area contributed by atoms with Crippen molar-refractivity contribution in [1.82, 2.24) is 19.7 Å². The molecule has 1 aromatic carbocycles. The maximum atomic E-state index is 14.0. The molecule has 1 aliphatic heterocycles. The van der Waals surface area contributed by atoms with Crippen LogP contribution < -0.4 is 0 Å². The Bertz CT molecular complexity index is 1140. The summed E-state index contributed by atoms with van der Waals surface area (Å²) in [7, 11) is 0. The fourth-order valence-electron chi connectivity index (χ4n) is 3.08. The maximum absolute atomic E-state index is 14.0. The molecule has 0 amide bonds. The Morgan fingerprint density at radius 2 is 2.07 bits per heavy atom. The lowest BCUT2D eigenvalue weighted by Crippen LogP contribution is -2.43. The molecule has 1 unspecified atom stereocenters.